The number of aliphatic hydroxyl groups is 1. The van der Waals surface area contributed by atoms with Gasteiger partial charge in [-0.1, -0.05) is 39.3 Å². The number of allylic oxidation sites excluding steroid dienone is 2. The van der Waals surface area contributed by atoms with Gasteiger partial charge in [0.1, 0.15) is 0 Å². The minimum absolute atomic E-state index is 0.141. The predicted octanol–water partition coefficient (Wildman–Crippen LogP) is 3.16. The molecule has 5 atom stereocenters. The van der Waals surface area contributed by atoms with E-state index in [9.17, 15) is 14.7 Å². The number of carbonyl (C=O) groups excluding carboxylic acids is 2. The normalized spacial score (nSPS) is 48.9. The van der Waals surface area contributed by atoms with Crippen molar-refractivity contribution < 1.29 is 19.4 Å². The molecule has 0 spiro atoms. The minimum atomic E-state index is -2.00. The van der Waals surface area contributed by atoms with Crippen LogP contribution >= 0.6 is 0 Å². The second kappa shape index (κ2) is 4.40. The number of carbonyl (C=O) groups is 2. The lowest BCUT2D eigenvalue weighted by atomic mass is 9.44. The first-order valence-electron chi connectivity index (χ1n) is 8.98. The predicted molar refractivity (Wildman–Crippen MR) is 88.7 cm³/mol. The lowest BCUT2D eigenvalue weighted by Crippen LogP contribution is -2.63. The van der Waals surface area contributed by atoms with Crippen molar-refractivity contribution in [3.05, 3.63) is 24.3 Å². The van der Waals surface area contributed by atoms with Crippen LogP contribution in [0.2, 0.25) is 0 Å². The Hall–Kier alpha value is -1.42. The number of rotatable bonds is 1. The smallest absolute Gasteiger partial charge is 0.316 e. The van der Waals surface area contributed by atoms with Crippen LogP contribution in [0.5, 0.6) is 0 Å². The van der Waals surface area contributed by atoms with Gasteiger partial charge in [-0.05, 0) is 31.1 Å². The molecular weight excluding hydrogens is 304 g/mol. The van der Waals surface area contributed by atoms with Gasteiger partial charge in [0.15, 0.2) is 0 Å². The third kappa shape index (κ3) is 1.63. The number of esters is 1. The first-order valence-corrected chi connectivity index (χ1v) is 8.98. The van der Waals surface area contributed by atoms with Crippen molar-refractivity contribution >= 4 is 11.8 Å². The van der Waals surface area contributed by atoms with Gasteiger partial charge < -0.3 is 9.84 Å². The van der Waals surface area contributed by atoms with Gasteiger partial charge >= 0.3 is 5.97 Å². The molecule has 4 heteroatoms. The maximum absolute atomic E-state index is 13.2. The van der Waals surface area contributed by atoms with Crippen LogP contribution in [0, 0.1) is 28.1 Å². The van der Waals surface area contributed by atoms with Crippen molar-refractivity contribution in [3.8, 4) is 0 Å². The Balaban J connectivity index is 1.96. The van der Waals surface area contributed by atoms with Gasteiger partial charge in [-0.3, -0.25) is 9.59 Å². The third-order valence-corrected chi connectivity index (χ3v) is 7.24. The van der Waals surface area contributed by atoms with E-state index in [4.69, 9.17) is 4.74 Å². The van der Waals surface area contributed by atoms with Crippen molar-refractivity contribution in [2.24, 2.45) is 28.1 Å². The summed E-state index contributed by atoms with van der Waals surface area (Å²) in [4.78, 5) is 26.2. The summed E-state index contributed by atoms with van der Waals surface area (Å²) in [7, 11) is 0. The van der Waals surface area contributed by atoms with Crippen molar-refractivity contribution in [2.75, 3.05) is 0 Å². The van der Waals surface area contributed by atoms with Gasteiger partial charge in [-0.2, -0.15) is 0 Å². The molecule has 3 fully saturated rings. The van der Waals surface area contributed by atoms with E-state index in [-0.39, 0.29) is 22.7 Å². The molecule has 24 heavy (non-hydrogen) atoms. The highest BCUT2D eigenvalue weighted by Gasteiger charge is 2.78. The first kappa shape index (κ1) is 16.1. The van der Waals surface area contributed by atoms with Crippen LogP contribution in [-0.4, -0.2) is 22.6 Å². The standard InChI is InChI=1S/C20H26O4/c1-5-18(4)10-7-13-12(11-18)14(21)20(23)15-17(2,3)8-6-9-19(13,15)16(22)24-20/h5,11,13,15,23H,1,6-10H2,2-4H3. The van der Waals surface area contributed by atoms with Crippen LogP contribution in [0.1, 0.15) is 52.9 Å². The Kier molecular flexibility index (Phi) is 2.95. The third-order valence-electron chi connectivity index (χ3n) is 7.24. The van der Waals surface area contributed by atoms with Crippen LogP contribution in [0.4, 0.5) is 0 Å². The molecule has 1 saturated heterocycles. The molecule has 1 aliphatic heterocycles. The Bertz CT molecular complexity index is 690. The molecule has 2 bridgehead atoms. The number of hydrogen-bond acceptors (Lipinski definition) is 4. The van der Waals surface area contributed by atoms with Gasteiger partial charge in [0, 0.05) is 16.9 Å². The Morgan fingerprint density at radius 3 is 2.62 bits per heavy atom. The second-order valence-corrected chi connectivity index (χ2v) is 9.13. The van der Waals surface area contributed by atoms with E-state index in [1.807, 2.05) is 19.1 Å². The van der Waals surface area contributed by atoms with E-state index in [0.29, 0.717) is 12.0 Å². The number of Topliss-reactive ketones (excluding diaryl/α,β-unsaturated/α-hetero) is 1. The average Bonchev–Trinajstić information content (AvgIpc) is 2.73. The molecule has 0 radical (unpaired) electrons. The number of ether oxygens (including phenoxy) is 1. The maximum Gasteiger partial charge on any atom is 0.316 e. The number of fused-ring (bicyclic) bond motifs is 1. The fourth-order valence-corrected chi connectivity index (χ4v) is 6.18. The van der Waals surface area contributed by atoms with E-state index < -0.39 is 22.9 Å². The monoisotopic (exact) mass is 330 g/mol. The number of hydrogen-bond donors (Lipinski definition) is 1. The van der Waals surface area contributed by atoms with Gasteiger partial charge in [-0.15, -0.1) is 6.58 Å². The lowest BCUT2D eigenvalue weighted by Gasteiger charge is -2.56. The van der Waals surface area contributed by atoms with E-state index in [1.165, 1.54) is 0 Å². The fraction of sp³-hybridized carbons (Fsp3) is 0.700. The van der Waals surface area contributed by atoms with Gasteiger partial charge in [0.2, 0.25) is 5.78 Å². The van der Waals surface area contributed by atoms with Gasteiger partial charge in [-0.25, -0.2) is 0 Å². The van der Waals surface area contributed by atoms with Crippen LogP contribution in [0.25, 0.3) is 0 Å². The second-order valence-electron chi connectivity index (χ2n) is 9.13. The van der Waals surface area contributed by atoms with E-state index in [2.05, 4.69) is 20.4 Å². The highest BCUT2D eigenvalue weighted by molar-refractivity contribution is 6.08. The molecule has 130 valence electrons. The highest BCUT2D eigenvalue weighted by Crippen LogP contribution is 2.69. The molecule has 4 aliphatic rings. The summed E-state index contributed by atoms with van der Waals surface area (Å²) in [5.74, 6) is -3.37. The van der Waals surface area contributed by atoms with E-state index in [0.717, 1.165) is 25.7 Å². The molecular formula is C20H26O4. The molecule has 4 rings (SSSR count). The summed E-state index contributed by atoms with van der Waals surface area (Å²) >= 11 is 0. The molecule has 0 aromatic heterocycles. The summed E-state index contributed by atoms with van der Waals surface area (Å²) < 4.78 is 5.45. The maximum atomic E-state index is 13.2. The molecule has 0 aromatic rings. The quantitative estimate of drug-likeness (QED) is 0.592. The van der Waals surface area contributed by atoms with E-state index in [1.54, 1.807) is 0 Å². The zero-order chi connectivity index (χ0) is 17.5. The topological polar surface area (TPSA) is 63.6 Å². The first-order chi connectivity index (χ1) is 11.1. The summed E-state index contributed by atoms with van der Waals surface area (Å²) in [5.41, 5.74) is -0.738. The fourth-order valence-electron chi connectivity index (χ4n) is 6.18. The van der Waals surface area contributed by atoms with Crippen molar-refractivity contribution in [1.29, 1.82) is 0 Å². The molecule has 0 amide bonds. The molecule has 3 aliphatic carbocycles. The Morgan fingerprint density at radius 2 is 1.96 bits per heavy atom. The zero-order valence-electron chi connectivity index (χ0n) is 14.7. The SMILES string of the molecule is C=CC1(C)C=C2C(=O)C3(O)OC(=O)C4(CCCC(C)(C)C34)C2CC1. The highest BCUT2D eigenvalue weighted by atomic mass is 16.7. The number of ketones is 1. The summed E-state index contributed by atoms with van der Waals surface area (Å²) in [6, 6.07) is 0. The largest absolute Gasteiger partial charge is 0.424 e. The van der Waals surface area contributed by atoms with Gasteiger partial charge in [0.05, 0.1) is 11.3 Å². The van der Waals surface area contributed by atoms with E-state index >= 15 is 0 Å². The minimum Gasteiger partial charge on any atom is -0.424 e. The molecule has 4 nitrogen and oxygen atoms in total. The zero-order valence-corrected chi connectivity index (χ0v) is 14.7. The summed E-state index contributed by atoms with van der Waals surface area (Å²) in [5, 5.41) is 11.2. The van der Waals surface area contributed by atoms with Gasteiger partial charge in [0.25, 0.3) is 5.79 Å². The molecule has 1 heterocycles. The van der Waals surface area contributed by atoms with Crippen molar-refractivity contribution in [2.45, 2.75) is 58.7 Å². The van der Waals surface area contributed by atoms with Crippen LogP contribution in [-0.2, 0) is 14.3 Å². The molecule has 2 saturated carbocycles. The summed E-state index contributed by atoms with van der Waals surface area (Å²) in [6.45, 7) is 10.0. The van der Waals surface area contributed by atoms with Crippen molar-refractivity contribution in [3.63, 3.8) is 0 Å². The average molecular weight is 330 g/mol. The van der Waals surface area contributed by atoms with Crippen LogP contribution in [0.3, 0.4) is 0 Å². The lowest BCUT2D eigenvalue weighted by molar-refractivity contribution is -0.221. The molecule has 0 aromatic carbocycles. The van der Waals surface area contributed by atoms with Crippen LogP contribution in [0.15, 0.2) is 24.3 Å². The molecule has 5 unspecified atom stereocenters. The van der Waals surface area contributed by atoms with Crippen LogP contribution < -0.4 is 0 Å². The van der Waals surface area contributed by atoms with Crippen molar-refractivity contribution in [1.82, 2.24) is 0 Å². The molecule has 1 N–H and O–H groups in total. The Labute approximate surface area is 143 Å². The Morgan fingerprint density at radius 1 is 1.25 bits per heavy atom. The summed E-state index contributed by atoms with van der Waals surface area (Å²) in [6.07, 6.45) is 7.92.